The first-order valence-electron chi connectivity index (χ1n) is 9.42. The first-order chi connectivity index (χ1) is 14.4. The van der Waals surface area contributed by atoms with Gasteiger partial charge in [0, 0.05) is 12.3 Å². The van der Waals surface area contributed by atoms with E-state index in [-0.39, 0.29) is 0 Å². The van der Waals surface area contributed by atoms with E-state index >= 15 is 4.39 Å². The van der Waals surface area contributed by atoms with Crippen LogP contribution in [0.25, 0.3) is 0 Å². The van der Waals surface area contributed by atoms with Crippen molar-refractivity contribution in [3.63, 3.8) is 0 Å². The third-order valence-electron chi connectivity index (χ3n) is 4.27. The average Bonchev–Trinajstić information content (AvgIpc) is 2.90. The number of hydrogen-bond donors (Lipinski definition) is 2. The molecule has 2 rings (SSSR count). The Balaban J connectivity index is 2.24. The highest BCUT2D eigenvalue weighted by atomic mass is 19.2. The zero-order valence-electron chi connectivity index (χ0n) is 17.4. The van der Waals surface area contributed by atoms with Gasteiger partial charge in [0.15, 0.2) is 19.6 Å². The van der Waals surface area contributed by atoms with Crippen molar-refractivity contribution < 1.29 is 43.1 Å². The lowest BCUT2D eigenvalue weighted by Crippen LogP contribution is -2.44. The van der Waals surface area contributed by atoms with E-state index in [0.717, 1.165) is 12.3 Å². The van der Waals surface area contributed by atoms with Crippen LogP contribution in [0, 0.1) is 5.92 Å². The van der Waals surface area contributed by atoms with E-state index in [4.69, 9.17) is 18.9 Å². The fourth-order valence-corrected chi connectivity index (χ4v) is 2.62. The van der Waals surface area contributed by atoms with E-state index in [0.29, 0.717) is 9.13 Å². The summed E-state index contributed by atoms with van der Waals surface area (Å²) in [7, 11) is 0. The van der Waals surface area contributed by atoms with E-state index in [2.05, 4.69) is 0 Å². The molecule has 2 heterocycles. The zero-order valence-corrected chi connectivity index (χ0v) is 17.4. The summed E-state index contributed by atoms with van der Waals surface area (Å²) in [4.78, 5) is 47.7. The third kappa shape index (κ3) is 5.48. The molecule has 1 fully saturated rings. The molecule has 4 atom stereocenters. The number of halogens is 1. The standard InChI is InChI=1S/C18H25FN2O10/c1-9(2)15(25)28-7-18(19)13(24)12(23)14(31-18)20-6-5-11(22)21(16(20)26)8-29-17(27)30-10(3)4/h5-6,9-10,12-14,23-24H,7-8H2,1-4H3/t12-,13+,14-,18-/m1/s1. The van der Waals surface area contributed by atoms with Gasteiger partial charge >= 0.3 is 17.8 Å². The lowest BCUT2D eigenvalue weighted by molar-refractivity contribution is -0.218. The SMILES string of the molecule is CC(C)OC(=O)OCn1c(=O)ccn([C@@H]2O[C@](F)(COC(=O)C(C)C)[C@@H](O)[C@H]2O)c1=O. The maximum absolute atomic E-state index is 15.0. The van der Waals surface area contributed by atoms with E-state index in [1.165, 1.54) is 13.8 Å². The van der Waals surface area contributed by atoms with Crippen LogP contribution < -0.4 is 11.2 Å². The molecule has 12 nitrogen and oxygen atoms in total. The van der Waals surface area contributed by atoms with Gasteiger partial charge in [-0.3, -0.25) is 14.2 Å². The van der Waals surface area contributed by atoms with Crippen LogP contribution in [0.3, 0.4) is 0 Å². The fourth-order valence-electron chi connectivity index (χ4n) is 2.62. The highest BCUT2D eigenvalue weighted by Crippen LogP contribution is 2.38. The van der Waals surface area contributed by atoms with Crippen molar-refractivity contribution in [2.75, 3.05) is 6.61 Å². The van der Waals surface area contributed by atoms with Crippen molar-refractivity contribution >= 4 is 12.1 Å². The highest BCUT2D eigenvalue weighted by molar-refractivity contribution is 5.71. The third-order valence-corrected chi connectivity index (χ3v) is 4.27. The second kappa shape index (κ2) is 9.58. The molecule has 31 heavy (non-hydrogen) atoms. The molecule has 0 unspecified atom stereocenters. The van der Waals surface area contributed by atoms with E-state index < -0.39 is 73.0 Å². The minimum Gasteiger partial charge on any atom is -0.459 e. The summed E-state index contributed by atoms with van der Waals surface area (Å²) in [6.07, 6.45) is -6.58. The molecule has 0 spiro atoms. The minimum absolute atomic E-state index is 0.473. The Hall–Kier alpha value is -2.77. The molecule has 0 aromatic carbocycles. The molecule has 0 amide bonds. The molecule has 1 aliphatic rings. The summed E-state index contributed by atoms with van der Waals surface area (Å²) in [5.74, 6) is -4.34. The number of rotatable bonds is 7. The smallest absolute Gasteiger partial charge is 0.459 e. The number of carbonyl (C=O) groups excluding carboxylic acids is 2. The van der Waals surface area contributed by atoms with Gasteiger partial charge in [-0.1, -0.05) is 13.8 Å². The summed E-state index contributed by atoms with van der Waals surface area (Å²) < 4.78 is 35.3. The molecule has 1 aromatic rings. The molecule has 13 heteroatoms. The number of alkyl halides is 1. The van der Waals surface area contributed by atoms with Gasteiger partial charge in [-0.25, -0.2) is 18.5 Å². The van der Waals surface area contributed by atoms with Gasteiger partial charge in [-0.05, 0) is 13.8 Å². The summed E-state index contributed by atoms with van der Waals surface area (Å²) in [5.41, 5.74) is -1.98. The Bertz CT molecular complexity index is 927. The first-order valence-corrected chi connectivity index (χ1v) is 9.42. The number of hydrogen-bond acceptors (Lipinski definition) is 10. The Morgan fingerprint density at radius 3 is 2.45 bits per heavy atom. The molecular formula is C18H25FN2O10. The summed E-state index contributed by atoms with van der Waals surface area (Å²) in [5, 5.41) is 20.3. The Morgan fingerprint density at radius 1 is 1.23 bits per heavy atom. The topological polar surface area (TPSA) is 156 Å². The quantitative estimate of drug-likeness (QED) is 0.528. The summed E-state index contributed by atoms with van der Waals surface area (Å²) >= 11 is 0. The summed E-state index contributed by atoms with van der Waals surface area (Å²) in [6, 6.07) is 0.887. The normalized spacial score (nSPS) is 25.6. The molecule has 0 aliphatic carbocycles. The van der Waals surface area contributed by atoms with Crippen molar-refractivity contribution in [1.82, 2.24) is 9.13 Å². The molecule has 1 aromatic heterocycles. The number of esters is 1. The Kier molecular flexibility index (Phi) is 7.57. The van der Waals surface area contributed by atoms with Gasteiger partial charge in [0.1, 0.15) is 12.2 Å². The van der Waals surface area contributed by atoms with Gasteiger partial charge in [-0.2, -0.15) is 0 Å². The van der Waals surface area contributed by atoms with Crippen LogP contribution in [0.4, 0.5) is 9.18 Å². The number of aliphatic hydroxyl groups is 2. The van der Waals surface area contributed by atoms with Crippen molar-refractivity contribution in [1.29, 1.82) is 0 Å². The number of ether oxygens (including phenoxy) is 4. The van der Waals surface area contributed by atoms with Gasteiger partial charge in [0.25, 0.3) is 11.4 Å². The van der Waals surface area contributed by atoms with Crippen LogP contribution >= 0.6 is 0 Å². The molecular weight excluding hydrogens is 423 g/mol. The number of carbonyl (C=O) groups is 2. The van der Waals surface area contributed by atoms with Crippen LogP contribution in [0.5, 0.6) is 0 Å². The first kappa shape index (κ1) is 24.5. The van der Waals surface area contributed by atoms with Crippen molar-refractivity contribution in [2.45, 2.75) is 64.8 Å². The minimum atomic E-state index is -3.01. The largest absolute Gasteiger partial charge is 0.510 e. The number of nitrogens with zero attached hydrogens (tertiary/aromatic N) is 2. The number of aliphatic hydroxyl groups excluding tert-OH is 2. The monoisotopic (exact) mass is 448 g/mol. The highest BCUT2D eigenvalue weighted by Gasteiger charge is 2.57. The van der Waals surface area contributed by atoms with Gasteiger partial charge in [0.2, 0.25) is 0 Å². The van der Waals surface area contributed by atoms with Crippen LogP contribution in [0.2, 0.25) is 0 Å². The fraction of sp³-hybridized carbons (Fsp3) is 0.667. The van der Waals surface area contributed by atoms with Gasteiger partial charge in [-0.15, -0.1) is 0 Å². The maximum Gasteiger partial charge on any atom is 0.510 e. The zero-order chi connectivity index (χ0) is 23.5. The molecule has 0 radical (unpaired) electrons. The van der Waals surface area contributed by atoms with Crippen LogP contribution in [0.15, 0.2) is 21.9 Å². The molecule has 0 saturated carbocycles. The molecule has 1 saturated heterocycles. The van der Waals surface area contributed by atoms with E-state index in [1.807, 2.05) is 0 Å². The number of aromatic nitrogens is 2. The average molecular weight is 448 g/mol. The lowest BCUT2D eigenvalue weighted by Gasteiger charge is -2.23. The predicted molar refractivity (Wildman–Crippen MR) is 99.4 cm³/mol. The maximum atomic E-state index is 15.0. The molecule has 2 N–H and O–H groups in total. The Morgan fingerprint density at radius 2 is 1.87 bits per heavy atom. The predicted octanol–water partition coefficient (Wildman–Crippen LogP) is -0.355. The van der Waals surface area contributed by atoms with Gasteiger partial charge < -0.3 is 29.2 Å². The molecule has 0 bridgehead atoms. The summed E-state index contributed by atoms with van der Waals surface area (Å²) in [6.45, 7) is 4.31. The van der Waals surface area contributed by atoms with Crippen LogP contribution in [-0.4, -0.2) is 62.2 Å². The van der Waals surface area contributed by atoms with Crippen molar-refractivity contribution in [3.05, 3.63) is 33.1 Å². The van der Waals surface area contributed by atoms with Crippen molar-refractivity contribution in [3.8, 4) is 0 Å². The molecule has 174 valence electrons. The second-order valence-corrected chi connectivity index (χ2v) is 7.45. The molecule has 1 aliphatic heterocycles. The van der Waals surface area contributed by atoms with E-state index in [9.17, 15) is 29.4 Å². The van der Waals surface area contributed by atoms with Gasteiger partial charge in [0.05, 0.1) is 12.0 Å². The second-order valence-electron chi connectivity index (χ2n) is 7.45. The lowest BCUT2D eigenvalue weighted by atomic mass is 10.1. The van der Waals surface area contributed by atoms with E-state index in [1.54, 1.807) is 13.8 Å². The van der Waals surface area contributed by atoms with Crippen LogP contribution in [0.1, 0.15) is 33.9 Å². The van der Waals surface area contributed by atoms with Crippen LogP contribution in [-0.2, 0) is 30.5 Å². The van der Waals surface area contributed by atoms with Crippen molar-refractivity contribution in [2.24, 2.45) is 5.92 Å². The Labute approximate surface area is 175 Å².